The van der Waals surface area contributed by atoms with E-state index >= 15 is 0 Å². The van der Waals surface area contributed by atoms with Gasteiger partial charge in [-0.2, -0.15) is 13.2 Å². The van der Waals surface area contributed by atoms with Crippen LogP contribution >= 0.6 is 0 Å². The standard InChI is InChI=1S/C27H28F3N3O2/c1-19(32(2)3)25(21-8-6-5-7-9-21)26(34)33(23-14-15-24(35-4)31-18-23)17-16-20-10-12-22(13-11-20)27(28,29)30/h5-15,18,25H,1,16-17H2,2-4H3. The molecule has 0 N–H and O–H groups in total. The van der Waals surface area contributed by atoms with E-state index < -0.39 is 17.7 Å². The number of amides is 1. The monoisotopic (exact) mass is 483 g/mol. The molecule has 0 aliphatic heterocycles. The second kappa shape index (κ2) is 11.1. The van der Waals surface area contributed by atoms with Crippen molar-refractivity contribution in [3.05, 3.63) is 102 Å². The molecule has 184 valence electrons. The molecule has 8 heteroatoms. The molecule has 1 heterocycles. The van der Waals surface area contributed by atoms with Crippen molar-refractivity contribution >= 4 is 11.6 Å². The van der Waals surface area contributed by atoms with Gasteiger partial charge in [0.05, 0.1) is 24.6 Å². The van der Waals surface area contributed by atoms with Crippen LogP contribution in [0.15, 0.2) is 85.2 Å². The topological polar surface area (TPSA) is 45.7 Å². The first-order valence-electron chi connectivity index (χ1n) is 11.0. The van der Waals surface area contributed by atoms with E-state index in [2.05, 4.69) is 11.6 Å². The number of alkyl halides is 3. The summed E-state index contributed by atoms with van der Waals surface area (Å²) >= 11 is 0. The van der Waals surface area contributed by atoms with E-state index in [1.165, 1.54) is 19.2 Å². The van der Waals surface area contributed by atoms with Crippen molar-refractivity contribution in [3.8, 4) is 5.88 Å². The second-order valence-electron chi connectivity index (χ2n) is 8.22. The molecule has 1 unspecified atom stereocenters. The number of halogens is 3. The van der Waals surface area contributed by atoms with Crippen LogP contribution in [-0.2, 0) is 17.4 Å². The fraction of sp³-hybridized carbons (Fsp3) is 0.259. The summed E-state index contributed by atoms with van der Waals surface area (Å²) in [6.45, 7) is 4.38. The summed E-state index contributed by atoms with van der Waals surface area (Å²) in [6, 6.07) is 17.7. The maximum absolute atomic E-state index is 14.0. The molecule has 3 aromatic rings. The maximum Gasteiger partial charge on any atom is 0.416 e. The van der Waals surface area contributed by atoms with Crippen molar-refractivity contribution in [3.63, 3.8) is 0 Å². The fourth-order valence-corrected chi connectivity index (χ4v) is 3.66. The van der Waals surface area contributed by atoms with Gasteiger partial charge in [0.15, 0.2) is 0 Å². The first-order valence-corrected chi connectivity index (χ1v) is 11.0. The van der Waals surface area contributed by atoms with E-state index in [1.54, 1.807) is 28.1 Å². The Morgan fingerprint density at radius 3 is 2.20 bits per heavy atom. The highest BCUT2D eigenvalue weighted by molar-refractivity contribution is 6.00. The minimum absolute atomic E-state index is 0.214. The van der Waals surface area contributed by atoms with E-state index in [1.807, 2.05) is 44.4 Å². The zero-order valence-corrected chi connectivity index (χ0v) is 19.9. The van der Waals surface area contributed by atoms with Crippen LogP contribution in [0.3, 0.4) is 0 Å². The lowest BCUT2D eigenvalue weighted by molar-refractivity contribution is -0.137. The van der Waals surface area contributed by atoms with Gasteiger partial charge < -0.3 is 14.5 Å². The number of aromatic nitrogens is 1. The number of rotatable bonds is 9. The van der Waals surface area contributed by atoms with Crippen LogP contribution in [0.4, 0.5) is 18.9 Å². The molecule has 0 fully saturated rings. The number of hydrogen-bond acceptors (Lipinski definition) is 4. The molecule has 0 saturated carbocycles. The number of carbonyl (C=O) groups is 1. The minimum Gasteiger partial charge on any atom is -0.481 e. The summed E-state index contributed by atoms with van der Waals surface area (Å²) in [7, 11) is 5.15. The molecule has 0 aliphatic carbocycles. The van der Waals surface area contributed by atoms with Crippen LogP contribution in [0.5, 0.6) is 5.88 Å². The van der Waals surface area contributed by atoms with E-state index in [-0.39, 0.29) is 12.5 Å². The van der Waals surface area contributed by atoms with Gasteiger partial charge in [0.1, 0.15) is 5.92 Å². The summed E-state index contributed by atoms with van der Waals surface area (Å²) in [5.74, 6) is -0.462. The lowest BCUT2D eigenvalue weighted by Gasteiger charge is -2.31. The van der Waals surface area contributed by atoms with Gasteiger partial charge in [-0.15, -0.1) is 0 Å². The summed E-state index contributed by atoms with van der Waals surface area (Å²) in [5, 5.41) is 0. The van der Waals surface area contributed by atoms with Crippen molar-refractivity contribution in [2.75, 3.05) is 32.6 Å². The van der Waals surface area contributed by atoms with Crippen LogP contribution in [0, 0.1) is 0 Å². The molecule has 0 spiro atoms. The molecule has 0 saturated heterocycles. The Labute approximate surface area is 203 Å². The van der Waals surface area contributed by atoms with Gasteiger partial charge in [0.2, 0.25) is 11.8 Å². The summed E-state index contributed by atoms with van der Waals surface area (Å²) in [6.07, 6.45) is -2.50. The molecular weight excluding hydrogens is 455 g/mol. The Morgan fingerprint density at radius 2 is 1.69 bits per heavy atom. The predicted octanol–water partition coefficient (Wildman–Crippen LogP) is 5.54. The van der Waals surface area contributed by atoms with Crippen LogP contribution in [0.1, 0.15) is 22.6 Å². The van der Waals surface area contributed by atoms with Gasteiger partial charge >= 0.3 is 6.18 Å². The van der Waals surface area contributed by atoms with Gasteiger partial charge in [-0.25, -0.2) is 4.98 Å². The van der Waals surface area contributed by atoms with Crippen molar-refractivity contribution < 1.29 is 22.7 Å². The van der Waals surface area contributed by atoms with Crippen molar-refractivity contribution in [2.24, 2.45) is 0 Å². The van der Waals surface area contributed by atoms with Crippen molar-refractivity contribution in [1.82, 2.24) is 9.88 Å². The van der Waals surface area contributed by atoms with Crippen molar-refractivity contribution in [1.29, 1.82) is 0 Å². The molecule has 0 radical (unpaired) electrons. The number of nitrogens with zero attached hydrogens (tertiary/aromatic N) is 3. The Kier molecular flexibility index (Phi) is 8.17. The van der Waals surface area contributed by atoms with E-state index in [0.29, 0.717) is 29.2 Å². The number of anilines is 1. The minimum atomic E-state index is -4.40. The van der Waals surface area contributed by atoms with Gasteiger partial charge in [-0.3, -0.25) is 4.79 Å². The van der Waals surface area contributed by atoms with Gasteiger partial charge in [-0.05, 0) is 35.7 Å². The first-order chi connectivity index (χ1) is 16.6. The SMILES string of the molecule is C=C(C(C(=O)N(CCc1ccc(C(F)(F)F)cc1)c1ccc(OC)nc1)c1ccccc1)N(C)C. The number of pyridine rings is 1. The molecular formula is C27H28F3N3O2. The second-order valence-corrected chi connectivity index (χ2v) is 8.22. The smallest absolute Gasteiger partial charge is 0.416 e. The van der Waals surface area contributed by atoms with Crippen molar-refractivity contribution in [2.45, 2.75) is 18.5 Å². The molecule has 35 heavy (non-hydrogen) atoms. The summed E-state index contributed by atoms with van der Waals surface area (Å²) in [5.41, 5.74) is 1.93. The number of carbonyl (C=O) groups excluding carboxylic acids is 1. The lowest BCUT2D eigenvalue weighted by atomic mass is 9.93. The van der Waals surface area contributed by atoms with Gasteiger partial charge in [0, 0.05) is 32.4 Å². The normalized spacial score (nSPS) is 12.1. The lowest BCUT2D eigenvalue weighted by Crippen LogP contribution is -2.39. The third-order valence-corrected chi connectivity index (χ3v) is 5.70. The van der Waals surface area contributed by atoms with Crippen LogP contribution in [-0.4, -0.2) is 43.5 Å². The molecule has 2 aromatic carbocycles. The number of likely N-dealkylation sites (N-methyl/N-ethyl adjacent to an activating group) is 1. The molecule has 0 bridgehead atoms. The zero-order chi connectivity index (χ0) is 25.6. The molecule has 1 amide bonds. The highest BCUT2D eigenvalue weighted by atomic mass is 19.4. The highest BCUT2D eigenvalue weighted by Crippen LogP contribution is 2.31. The number of hydrogen-bond donors (Lipinski definition) is 0. The fourth-order valence-electron chi connectivity index (χ4n) is 3.66. The number of methoxy groups -OCH3 is 1. The Morgan fingerprint density at radius 1 is 1.03 bits per heavy atom. The van der Waals surface area contributed by atoms with E-state index in [0.717, 1.165) is 17.7 Å². The Balaban J connectivity index is 1.95. The van der Waals surface area contributed by atoms with E-state index in [4.69, 9.17) is 4.74 Å². The predicted molar refractivity (Wildman–Crippen MR) is 130 cm³/mol. The van der Waals surface area contributed by atoms with Crippen LogP contribution < -0.4 is 9.64 Å². The average molecular weight is 484 g/mol. The average Bonchev–Trinajstić information content (AvgIpc) is 2.85. The quantitative estimate of drug-likeness (QED) is 0.401. The molecule has 0 aliphatic rings. The highest BCUT2D eigenvalue weighted by Gasteiger charge is 2.31. The van der Waals surface area contributed by atoms with Gasteiger partial charge in [0.25, 0.3) is 0 Å². The largest absolute Gasteiger partial charge is 0.481 e. The maximum atomic E-state index is 14.0. The molecule has 1 aromatic heterocycles. The Hall–Kier alpha value is -3.81. The molecule has 1 atom stereocenters. The Bertz CT molecular complexity index is 1130. The first kappa shape index (κ1) is 25.8. The molecule has 5 nitrogen and oxygen atoms in total. The van der Waals surface area contributed by atoms with Gasteiger partial charge in [-0.1, -0.05) is 49.0 Å². The molecule has 3 rings (SSSR count). The summed E-state index contributed by atoms with van der Waals surface area (Å²) in [4.78, 5) is 21.6. The number of benzene rings is 2. The van der Waals surface area contributed by atoms with Crippen LogP contribution in [0.25, 0.3) is 0 Å². The summed E-state index contributed by atoms with van der Waals surface area (Å²) < 4.78 is 43.9. The third-order valence-electron chi connectivity index (χ3n) is 5.70. The number of ether oxygens (including phenoxy) is 1. The third kappa shape index (κ3) is 6.41. The zero-order valence-electron chi connectivity index (χ0n) is 19.9. The van der Waals surface area contributed by atoms with E-state index in [9.17, 15) is 18.0 Å². The van der Waals surface area contributed by atoms with Crippen LogP contribution in [0.2, 0.25) is 0 Å².